The fraction of sp³-hybridized carbons (Fsp3) is 0.515. The van der Waals surface area contributed by atoms with E-state index in [-0.39, 0.29) is 17.9 Å². The second-order valence-corrected chi connectivity index (χ2v) is 13.7. The maximum atomic E-state index is 13.7. The van der Waals surface area contributed by atoms with E-state index in [0.717, 1.165) is 66.8 Å². The number of fused-ring (bicyclic) bond motifs is 1. The SMILES string of the molecule is CC1CC(C)CN(CCCNC(=O)c2ccc(/C=C3/SC4CCCCC4N(Cc4cccc(Cl)c4)C3=O)cc2)C1. The lowest BCUT2D eigenvalue weighted by Crippen LogP contribution is -2.50. The summed E-state index contributed by atoms with van der Waals surface area (Å²) in [6.07, 6.45) is 8.82. The van der Waals surface area contributed by atoms with Crippen molar-refractivity contribution < 1.29 is 9.59 Å². The van der Waals surface area contributed by atoms with Crippen molar-refractivity contribution in [3.05, 3.63) is 75.1 Å². The molecule has 2 heterocycles. The van der Waals surface area contributed by atoms with E-state index in [1.165, 1.54) is 19.3 Å². The summed E-state index contributed by atoms with van der Waals surface area (Å²) in [5.41, 5.74) is 2.66. The molecule has 1 N–H and O–H groups in total. The van der Waals surface area contributed by atoms with Gasteiger partial charge in [0.1, 0.15) is 0 Å². The van der Waals surface area contributed by atoms with E-state index in [4.69, 9.17) is 11.6 Å². The number of halogens is 1. The minimum atomic E-state index is -0.0413. The molecule has 3 fully saturated rings. The Morgan fingerprint density at radius 1 is 1.07 bits per heavy atom. The van der Waals surface area contributed by atoms with Gasteiger partial charge in [-0.25, -0.2) is 0 Å². The van der Waals surface area contributed by atoms with Crippen LogP contribution in [0.15, 0.2) is 53.4 Å². The highest BCUT2D eigenvalue weighted by atomic mass is 35.5. The van der Waals surface area contributed by atoms with E-state index >= 15 is 0 Å². The number of hydrogen-bond acceptors (Lipinski definition) is 4. The topological polar surface area (TPSA) is 52.7 Å². The fourth-order valence-corrected chi connectivity index (χ4v) is 8.34. The summed E-state index contributed by atoms with van der Waals surface area (Å²) >= 11 is 7.97. The molecule has 2 saturated heterocycles. The number of likely N-dealkylation sites (tertiary alicyclic amines) is 1. The number of carbonyl (C=O) groups excluding carboxylic acids is 2. The molecule has 2 aromatic rings. The Labute approximate surface area is 248 Å². The first-order valence-electron chi connectivity index (χ1n) is 14.9. The molecule has 7 heteroatoms. The molecule has 0 aromatic heterocycles. The van der Waals surface area contributed by atoms with Crippen molar-refractivity contribution in [1.82, 2.24) is 15.1 Å². The molecule has 2 aromatic carbocycles. The van der Waals surface area contributed by atoms with Gasteiger partial charge in [0, 0.05) is 48.1 Å². The summed E-state index contributed by atoms with van der Waals surface area (Å²) in [7, 11) is 0. The number of hydrogen-bond donors (Lipinski definition) is 1. The molecule has 4 unspecified atom stereocenters. The molecule has 1 saturated carbocycles. The van der Waals surface area contributed by atoms with Crippen LogP contribution in [0.1, 0.15) is 73.9 Å². The van der Waals surface area contributed by atoms with Gasteiger partial charge in [0.15, 0.2) is 0 Å². The average molecular weight is 580 g/mol. The smallest absolute Gasteiger partial charge is 0.260 e. The van der Waals surface area contributed by atoms with Crippen molar-refractivity contribution in [3.63, 3.8) is 0 Å². The molecule has 214 valence electrons. The molecule has 2 aliphatic heterocycles. The molecule has 1 aliphatic carbocycles. The summed E-state index contributed by atoms with van der Waals surface area (Å²) in [6, 6.07) is 15.7. The third kappa shape index (κ3) is 7.51. The lowest BCUT2D eigenvalue weighted by atomic mass is 9.92. The lowest BCUT2D eigenvalue weighted by Gasteiger charge is -2.44. The third-order valence-corrected chi connectivity index (χ3v) is 10.0. The zero-order valence-corrected chi connectivity index (χ0v) is 25.4. The molecule has 5 rings (SSSR count). The van der Waals surface area contributed by atoms with Gasteiger partial charge in [0.25, 0.3) is 11.8 Å². The predicted octanol–water partition coefficient (Wildman–Crippen LogP) is 6.87. The Balaban J connectivity index is 1.19. The van der Waals surface area contributed by atoms with Crippen LogP contribution in [0.4, 0.5) is 0 Å². The summed E-state index contributed by atoms with van der Waals surface area (Å²) in [6.45, 7) is 9.27. The van der Waals surface area contributed by atoms with Crippen LogP contribution in [-0.2, 0) is 11.3 Å². The average Bonchev–Trinajstić information content (AvgIpc) is 2.93. The van der Waals surface area contributed by atoms with E-state index in [2.05, 4.69) is 29.0 Å². The highest BCUT2D eigenvalue weighted by Gasteiger charge is 2.40. The molecule has 0 radical (unpaired) electrons. The van der Waals surface area contributed by atoms with Crippen LogP contribution in [0.3, 0.4) is 0 Å². The predicted molar refractivity (Wildman–Crippen MR) is 166 cm³/mol. The van der Waals surface area contributed by atoms with Crippen molar-refractivity contribution >= 4 is 41.3 Å². The van der Waals surface area contributed by atoms with Crippen molar-refractivity contribution in [1.29, 1.82) is 0 Å². The number of benzene rings is 2. The molecule has 0 spiro atoms. The monoisotopic (exact) mass is 579 g/mol. The number of thioether (sulfide) groups is 1. The molecular weight excluding hydrogens is 538 g/mol. The Hall–Kier alpha value is -2.28. The molecular formula is C33H42ClN3O2S. The molecule has 3 aliphatic rings. The standard InChI is InChI=1S/C33H42ClN3O2S/c1-23-17-24(2)21-36(20-23)16-6-15-35-32(38)27-13-11-25(12-14-27)19-31-33(39)37(22-26-7-5-8-28(34)18-26)29-9-3-4-10-30(29)40-31/h5,7-8,11-14,18-19,23-24,29-30H,3-4,6,9-10,15-17,20-22H2,1-2H3,(H,35,38)/b31-19+. The van der Waals surface area contributed by atoms with Crippen LogP contribution in [0.2, 0.25) is 5.02 Å². The van der Waals surface area contributed by atoms with Crippen LogP contribution < -0.4 is 5.32 Å². The minimum Gasteiger partial charge on any atom is -0.352 e. The van der Waals surface area contributed by atoms with E-state index in [9.17, 15) is 9.59 Å². The first kappa shape index (κ1) is 29.2. The van der Waals surface area contributed by atoms with Gasteiger partial charge < -0.3 is 15.1 Å². The van der Waals surface area contributed by atoms with Gasteiger partial charge in [-0.2, -0.15) is 0 Å². The molecule has 2 amide bonds. The third-order valence-electron chi connectivity index (χ3n) is 8.41. The maximum Gasteiger partial charge on any atom is 0.260 e. The summed E-state index contributed by atoms with van der Waals surface area (Å²) in [5, 5.41) is 4.19. The highest BCUT2D eigenvalue weighted by molar-refractivity contribution is 8.04. The Kier molecular flexibility index (Phi) is 9.93. The second-order valence-electron chi connectivity index (χ2n) is 12.0. The van der Waals surface area contributed by atoms with Crippen molar-refractivity contribution in [3.8, 4) is 0 Å². The van der Waals surface area contributed by atoms with Crippen molar-refractivity contribution in [2.24, 2.45) is 11.8 Å². The first-order chi connectivity index (χ1) is 19.4. The number of rotatable bonds is 8. The Morgan fingerprint density at radius 3 is 2.58 bits per heavy atom. The zero-order chi connectivity index (χ0) is 28.1. The van der Waals surface area contributed by atoms with E-state index in [0.29, 0.717) is 28.9 Å². The highest BCUT2D eigenvalue weighted by Crippen LogP contribution is 2.42. The number of nitrogens with zero attached hydrogens (tertiary/aromatic N) is 2. The normalized spacial score (nSPS) is 26.5. The molecule has 4 atom stereocenters. The number of amides is 2. The van der Waals surface area contributed by atoms with Crippen LogP contribution in [-0.4, -0.2) is 59.1 Å². The van der Waals surface area contributed by atoms with Gasteiger partial charge >= 0.3 is 0 Å². The number of piperidine rings is 1. The van der Waals surface area contributed by atoms with E-state index in [1.54, 1.807) is 11.8 Å². The quantitative estimate of drug-likeness (QED) is 0.274. The van der Waals surface area contributed by atoms with Gasteiger partial charge in [-0.15, -0.1) is 11.8 Å². The minimum absolute atomic E-state index is 0.0413. The second kappa shape index (κ2) is 13.6. The van der Waals surface area contributed by atoms with Gasteiger partial charge in [-0.05, 0) is 85.5 Å². The Bertz CT molecular complexity index is 1210. The number of nitrogens with one attached hydrogen (secondary N) is 1. The fourth-order valence-electron chi connectivity index (χ4n) is 6.66. The van der Waals surface area contributed by atoms with Crippen molar-refractivity contribution in [2.75, 3.05) is 26.2 Å². The summed E-state index contributed by atoms with van der Waals surface area (Å²) in [5.74, 6) is 1.56. The van der Waals surface area contributed by atoms with E-state index < -0.39 is 0 Å². The molecule has 5 nitrogen and oxygen atoms in total. The van der Waals surface area contributed by atoms with Crippen molar-refractivity contribution in [2.45, 2.75) is 70.2 Å². The molecule has 40 heavy (non-hydrogen) atoms. The van der Waals surface area contributed by atoms with Gasteiger partial charge in [-0.3, -0.25) is 9.59 Å². The van der Waals surface area contributed by atoms with Crippen LogP contribution in [0, 0.1) is 11.8 Å². The maximum absolute atomic E-state index is 13.7. The summed E-state index contributed by atoms with van der Waals surface area (Å²) in [4.78, 5) is 31.8. The van der Waals surface area contributed by atoms with Crippen LogP contribution >= 0.6 is 23.4 Å². The first-order valence-corrected chi connectivity index (χ1v) is 16.2. The van der Waals surface area contributed by atoms with E-state index in [1.807, 2.05) is 54.6 Å². The van der Waals surface area contributed by atoms with Gasteiger partial charge in [-0.1, -0.05) is 62.6 Å². The van der Waals surface area contributed by atoms with Crippen LogP contribution in [0.5, 0.6) is 0 Å². The van der Waals surface area contributed by atoms with Crippen LogP contribution in [0.25, 0.3) is 6.08 Å². The molecule has 0 bridgehead atoms. The Morgan fingerprint density at radius 2 is 1.82 bits per heavy atom. The lowest BCUT2D eigenvalue weighted by molar-refractivity contribution is -0.130. The van der Waals surface area contributed by atoms with Gasteiger partial charge in [0.05, 0.1) is 4.91 Å². The van der Waals surface area contributed by atoms with Gasteiger partial charge in [0.2, 0.25) is 0 Å². The summed E-state index contributed by atoms with van der Waals surface area (Å²) < 4.78 is 0. The zero-order valence-electron chi connectivity index (χ0n) is 23.8. The number of carbonyl (C=O) groups is 2. The largest absolute Gasteiger partial charge is 0.352 e.